The molecule has 2 heterocycles. The predicted octanol–water partition coefficient (Wildman–Crippen LogP) is 2.08. The van der Waals surface area contributed by atoms with Crippen LogP contribution in [0.2, 0.25) is 0 Å². The van der Waals surface area contributed by atoms with Crippen molar-refractivity contribution in [2.24, 2.45) is 11.8 Å². The molecule has 0 amide bonds. The Morgan fingerprint density at radius 2 is 2.12 bits per heavy atom. The second-order valence-corrected chi connectivity index (χ2v) is 5.68. The van der Waals surface area contributed by atoms with Crippen molar-refractivity contribution in [2.75, 3.05) is 18.0 Å². The van der Waals surface area contributed by atoms with Gasteiger partial charge in [-0.1, -0.05) is 17.8 Å². The molecular formula is C11H14N2O2S. The monoisotopic (exact) mass is 238 g/mol. The van der Waals surface area contributed by atoms with Gasteiger partial charge in [-0.3, -0.25) is 0 Å². The van der Waals surface area contributed by atoms with E-state index in [-0.39, 0.29) is 0 Å². The van der Waals surface area contributed by atoms with Gasteiger partial charge in [0.2, 0.25) is 0 Å². The minimum absolute atomic E-state index is 0.340. The molecule has 0 spiro atoms. The average Bonchev–Trinajstić information content (AvgIpc) is 2.91. The molecule has 86 valence electrons. The maximum atomic E-state index is 10.8. The highest BCUT2D eigenvalue weighted by atomic mass is 32.1. The Balaban J connectivity index is 1.76. The largest absolute Gasteiger partial charge is 0.477 e. The highest BCUT2D eigenvalue weighted by Gasteiger charge is 2.37. The first-order valence-electron chi connectivity index (χ1n) is 5.68. The molecule has 2 atom stereocenters. The number of anilines is 1. The molecule has 16 heavy (non-hydrogen) atoms. The molecule has 1 aromatic heterocycles. The summed E-state index contributed by atoms with van der Waals surface area (Å²) in [5, 5.41) is 9.74. The van der Waals surface area contributed by atoms with Crippen molar-refractivity contribution in [3.8, 4) is 0 Å². The number of nitrogens with zero attached hydrogens (tertiary/aromatic N) is 2. The lowest BCUT2D eigenvalue weighted by Crippen LogP contribution is -2.20. The van der Waals surface area contributed by atoms with E-state index in [1.165, 1.54) is 36.8 Å². The van der Waals surface area contributed by atoms with E-state index in [1.807, 2.05) is 0 Å². The number of carbonyl (C=O) groups is 1. The molecule has 2 fully saturated rings. The first-order valence-corrected chi connectivity index (χ1v) is 6.50. The van der Waals surface area contributed by atoms with Gasteiger partial charge in [0.15, 0.2) is 5.13 Å². The SMILES string of the molecule is O=C(O)c1cnc(N2CC3CCCC3C2)s1. The molecular weight excluding hydrogens is 224 g/mol. The van der Waals surface area contributed by atoms with Gasteiger partial charge in [0.25, 0.3) is 0 Å². The third kappa shape index (κ3) is 1.59. The second-order valence-electron chi connectivity index (χ2n) is 4.67. The zero-order valence-corrected chi connectivity index (χ0v) is 9.74. The molecule has 1 aromatic rings. The highest BCUT2D eigenvalue weighted by molar-refractivity contribution is 7.17. The van der Waals surface area contributed by atoms with Crippen LogP contribution in [0, 0.1) is 11.8 Å². The first kappa shape index (κ1) is 10.1. The maximum absolute atomic E-state index is 10.8. The summed E-state index contributed by atoms with van der Waals surface area (Å²) in [7, 11) is 0. The van der Waals surface area contributed by atoms with E-state index in [1.54, 1.807) is 0 Å². The minimum atomic E-state index is -0.872. The van der Waals surface area contributed by atoms with Crippen molar-refractivity contribution in [1.29, 1.82) is 0 Å². The summed E-state index contributed by atoms with van der Waals surface area (Å²) in [6.45, 7) is 2.13. The standard InChI is InChI=1S/C11H14N2O2S/c14-10(15)9-4-12-11(16-9)13-5-7-2-1-3-8(7)6-13/h4,7-8H,1-3,5-6H2,(H,14,15). The zero-order chi connectivity index (χ0) is 11.1. The van der Waals surface area contributed by atoms with Crippen molar-refractivity contribution >= 4 is 22.4 Å². The summed E-state index contributed by atoms with van der Waals surface area (Å²) >= 11 is 1.29. The number of rotatable bonds is 2. The van der Waals surface area contributed by atoms with E-state index >= 15 is 0 Å². The topological polar surface area (TPSA) is 53.4 Å². The quantitative estimate of drug-likeness (QED) is 0.857. The Hall–Kier alpha value is -1.10. The van der Waals surface area contributed by atoms with Crippen LogP contribution < -0.4 is 4.90 Å². The maximum Gasteiger partial charge on any atom is 0.347 e. The van der Waals surface area contributed by atoms with Crippen LogP contribution in [-0.4, -0.2) is 29.1 Å². The van der Waals surface area contributed by atoms with E-state index in [2.05, 4.69) is 9.88 Å². The fraction of sp³-hybridized carbons (Fsp3) is 0.636. The molecule has 1 aliphatic carbocycles. The van der Waals surface area contributed by atoms with Gasteiger partial charge < -0.3 is 10.0 Å². The van der Waals surface area contributed by atoms with Crippen molar-refractivity contribution in [1.82, 2.24) is 4.98 Å². The second kappa shape index (κ2) is 3.73. The summed E-state index contributed by atoms with van der Waals surface area (Å²) in [5.74, 6) is 0.762. The van der Waals surface area contributed by atoms with Crippen LogP contribution in [0.4, 0.5) is 5.13 Å². The van der Waals surface area contributed by atoms with E-state index in [4.69, 9.17) is 5.11 Å². The summed E-state index contributed by atoms with van der Waals surface area (Å²) in [6.07, 6.45) is 5.49. The molecule has 4 nitrogen and oxygen atoms in total. The van der Waals surface area contributed by atoms with E-state index in [0.29, 0.717) is 4.88 Å². The zero-order valence-electron chi connectivity index (χ0n) is 8.93. The molecule has 1 N–H and O–H groups in total. The molecule has 0 aromatic carbocycles. The van der Waals surface area contributed by atoms with Crippen LogP contribution in [0.1, 0.15) is 28.9 Å². The number of aromatic carboxylic acids is 1. The number of hydrogen-bond acceptors (Lipinski definition) is 4. The van der Waals surface area contributed by atoms with Crippen LogP contribution in [0.15, 0.2) is 6.20 Å². The molecule has 1 saturated carbocycles. The molecule has 0 radical (unpaired) electrons. The Labute approximate surface area is 97.9 Å². The smallest absolute Gasteiger partial charge is 0.347 e. The third-order valence-electron chi connectivity index (χ3n) is 3.70. The summed E-state index contributed by atoms with van der Waals surface area (Å²) in [5.41, 5.74) is 0. The highest BCUT2D eigenvalue weighted by Crippen LogP contribution is 2.40. The lowest BCUT2D eigenvalue weighted by Gasteiger charge is -2.14. The summed E-state index contributed by atoms with van der Waals surface area (Å²) < 4.78 is 0. The van der Waals surface area contributed by atoms with Crippen molar-refractivity contribution in [2.45, 2.75) is 19.3 Å². The van der Waals surface area contributed by atoms with Crippen molar-refractivity contribution in [3.63, 3.8) is 0 Å². The van der Waals surface area contributed by atoms with Crippen LogP contribution >= 0.6 is 11.3 Å². The number of fused-ring (bicyclic) bond motifs is 1. The van der Waals surface area contributed by atoms with Crippen molar-refractivity contribution in [3.05, 3.63) is 11.1 Å². The van der Waals surface area contributed by atoms with E-state index < -0.39 is 5.97 Å². The van der Waals surface area contributed by atoms with Crippen molar-refractivity contribution < 1.29 is 9.90 Å². The number of carboxylic acids is 1. The molecule has 0 bridgehead atoms. The summed E-state index contributed by atoms with van der Waals surface area (Å²) in [4.78, 5) is 17.6. The van der Waals surface area contributed by atoms with Crippen LogP contribution in [-0.2, 0) is 0 Å². The van der Waals surface area contributed by atoms with Gasteiger partial charge in [-0.15, -0.1) is 0 Å². The molecule has 5 heteroatoms. The fourth-order valence-electron chi connectivity index (χ4n) is 2.90. The van der Waals surface area contributed by atoms with Gasteiger partial charge in [0.05, 0.1) is 6.20 Å². The van der Waals surface area contributed by atoms with E-state index in [9.17, 15) is 4.79 Å². The van der Waals surface area contributed by atoms with Gasteiger partial charge in [-0.25, -0.2) is 9.78 Å². The number of thiazole rings is 1. The number of hydrogen-bond donors (Lipinski definition) is 1. The predicted molar refractivity (Wildman–Crippen MR) is 62.1 cm³/mol. The lowest BCUT2D eigenvalue weighted by atomic mass is 10.0. The molecule has 3 rings (SSSR count). The Bertz CT molecular complexity index is 406. The molecule has 1 saturated heterocycles. The first-order chi connectivity index (χ1) is 7.74. The van der Waals surface area contributed by atoms with Crippen LogP contribution in [0.25, 0.3) is 0 Å². The Morgan fingerprint density at radius 1 is 1.44 bits per heavy atom. The number of aromatic nitrogens is 1. The molecule has 2 aliphatic rings. The molecule has 1 aliphatic heterocycles. The van der Waals surface area contributed by atoms with Gasteiger partial charge in [0, 0.05) is 13.1 Å². The number of carboxylic acid groups (broad SMARTS) is 1. The van der Waals surface area contributed by atoms with Gasteiger partial charge in [0.1, 0.15) is 4.88 Å². The van der Waals surface area contributed by atoms with Gasteiger partial charge in [-0.2, -0.15) is 0 Å². The lowest BCUT2D eigenvalue weighted by molar-refractivity contribution is 0.0702. The van der Waals surface area contributed by atoms with Crippen LogP contribution in [0.3, 0.4) is 0 Å². The minimum Gasteiger partial charge on any atom is -0.477 e. The van der Waals surface area contributed by atoms with E-state index in [0.717, 1.165) is 30.1 Å². The third-order valence-corrected chi connectivity index (χ3v) is 4.75. The Kier molecular flexibility index (Phi) is 2.35. The Morgan fingerprint density at radius 3 is 2.69 bits per heavy atom. The van der Waals surface area contributed by atoms with Crippen LogP contribution in [0.5, 0.6) is 0 Å². The fourth-order valence-corrected chi connectivity index (χ4v) is 3.67. The van der Waals surface area contributed by atoms with Gasteiger partial charge in [-0.05, 0) is 24.7 Å². The summed E-state index contributed by atoms with van der Waals surface area (Å²) in [6, 6.07) is 0. The van der Waals surface area contributed by atoms with Gasteiger partial charge >= 0.3 is 5.97 Å². The average molecular weight is 238 g/mol. The molecule has 2 unspecified atom stereocenters. The normalized spacial score (nSPS) is 28.4.